The monoisotopic (exact) mass is 228 g/mol. The zero-order chi connectivity index (χ0) is 11.5. The van der Waals surface area contributed by atoms with Crippen LogP contribution in [-0.2, 0) is 0 Å². The molecule has 0 amide bonds. The van der Waals surface area contributed by atoms with Gasteiger partial charge in [0.25, 0.3) is 6.01 Å². The molecule has 0 aliphatic carbocycles. The fourth-order valence-electron chi connectivity index (χ4n) is 2.23. The Morgan fingerprint density at radius 1 is 1.00 bits per heavy atom. The maximum atomic E-state index is 5.82. The van der Waals surface area contributed by atoms with Crippen molar-refractivity contribution in [2.45, 2.75) is 19.3 Å². The number of hydrogen-bond acceptors (Lipinski definition) is 3. The molecule has 0 radical (unpaired) electrons. The molecule has 88 valence electrons. The maximum absolute atomic E-state index is 5.82. The molecule has 2 aromatic rings. The van der Waals surface area contributed by atoms with Crippen LogP contribution in [0.15, 0.2) is 40.9 Å². The summed E-state index contributed by atoms with van der Waals surface area (Å²) in [6.45, 7) is 2.13. The molecule has 2 heterocycles. The average molecular weight is 228 g/mol. The fraction of sp³-hybridized carbons (Fsp3) is 0.357. The van der Waals surface area contributed by atoms with Crippen LogP contribution >= 0.6 is 0 Å². The first-order valence-corrected chi connectivity index (χ1v) is 6.20. The van der Waals surface area contributed by atoms with Crippen molar-refractivity contribution in [1.29, 1.82) is 0 Å². The Bertz CT molecular complexity index is 472. The van der Waals surface area contributed by atoms with Gasteiger partial charge in [0.15, 0.2) is 5.76 Å². The molecule has 0 N–H and O–H groups in total. The van der Waals surface area contributed by atoms with Gasteiger partial charge in [0.2, 0.25) is 0 Å². The van der Waals surface area contributed by atoms with Crippen LogP contribution in [0, 0.1) is 0 Å². The van der Waals surface area contributed by atoms with Crippen LogP contribution in [-0.4, -0.2) is 18.1 Å². The standard InChI is InChI=1S/C14H16N2O/c1-3-7-12(8-4-1)13-11-15-14(17-13)16-9-5-2-6-10-16/h1,3-4,7-8,11H,2,5-6,9-10H2. The molecule has 1 aliphatic rings. The lowest BCUT2D eigenvalue weighted by atomic mass is 10.1. The summed E-state index contributed by atoms with van der Waals surface area (Å²) in [7, 11) is 0. The van der Waals surface area contributed by atoms with Gasteiger partial charge in [-0.05, 0) is 19.3 Å². The molecule has 0 saturated carbocycles. The van der Waals surface area contributed by atoms with Crippen LogP contribution in [0.25, 0.3) is 11.3 Å². The first kappa shape index (κ1) is 10.4. The Morgan fingerprint density at radius 3 is 2.53 bits per heavy atom. The molecule has 3 rings (SSSR count). The third kappa shape index (κ3) is 2.18. The number of nitrogens with zero attached hydrogens (tertiary/aromatic N) is 2. The minimum atomic E-state index is 0.767. The highest BCUT2D eigenvalue weighted by atomic mass is 16.4. The maximum Gasteiger partial charge on any atom is 0.297 e. The normalized spacial score (nSPS) is 16.1. The van der Waals surface area contributed by atoms with Gasteiger partial charge in [-0.1, -0.05) is 30.3 Å². The van der Waals surface area contributed by atoms with E-state index in [0.717, 1.165) is 30.4 Å². The van der Waals surface area contributed by atoms with E-state index in [1.807, 2.05) is 36.5 Å². The number of piperidine rings is 1. The molecule has 1 saturated heterocycles. The van der Waals surface area contributed by atoms with Gasteiger partial charge >= 0.3 is 0 Å². The summed E-state index contributed by atoms with van der Waals surface area (Å²) in [5.41, 5.74) is 1.09. The van der Waals surface area contributed by atoms with Gasteiger partial charge in [-0.15, -0.1) is 0 Å². The summed E-state index contributed by atoms with van der Waals surface area (Å²) >= 11 is 0. The van der Waals surface area contributed by atoms with Crippen LogP contribution in [0.2, 0.25) is 0 Å². The van der Waals surface area contributed by atoms with Gasteiger partial charge in [0.1, 0.15) is 0 Å². The second kappa shape index (κ2) is 4.62. The third-order valence-electron chi connectivity index (χ3n) is 3.18. The quantitative estimate of drug-likeness (QED) is 0.789. The number of rotatable bonds is 2. The van der Waals surface area contributed by atoms with E-state index in [1.165, 1.54) is 19.3 Å². The molecule has 3 nitrogen and oxygen atoms in total. The number of oxazole rings is 1. The molecule has 0 spiro atoms. The first-order valence-electron chi connectivity index (χ1n) is 6.20. The van der Waals surface area contributed by atoms with Gasteiger partial charge in [-0.25, -0.2) is 4.98 Å². The molecule has 0 unspecified atom stereocenters. The van der Waals surface area contributed by atoms with Crippen LogP contribution in [0.5, 0.6) is 0 Å². The molecule has 1 aromatic heterocycles. The summed E-state index contributed by atoms with van der Waals surface area (Å²) in [6, 6.07) is 10.9. The second-order valence-electron chi connectivity index (χ2n) is 4.42. The first-order chi connectivity index (χ1) is 8.43. The Balaban J connectivity index is 1.83. The molecule has 1 fully saturated rings. The third-order valence-corrected chi connectivity index (χ3v) is 3.18. The molecular weight excluding hydrogens is 212 g/mol. The van der Waals surface area contributed by atoms with Crippen molar-refractivity contribution in [1.82, 2.24) is 4.98 Å². The van der Waals surface area contributed by atoms with Crippen LogP contribution in [0.4, 0.5) is 6.01 Å². The highest BCUT2D eigenvalue weighted by molar-refractivity contribution is 5.57. The molecule has 17 heavy (non-hydrogen) atoms. The Kier molecular flexibility index (Phi) is 2.82. The summed E-state index contributed by atoms with van der Waals surface area (Å²) in [5.74, 6) is 0.853. The molecular formula is C14H16N2O. The van der Waals surface area contributed by atoms with E-state index in [2.05, 4.69) is 9.88 Å². The van der Waals surface area contributed by atoms with Gasteiger partial charge in [-0.2, -0.15) is 0 Å². The van der Waals surface area contributed by atoms with E-state index in [0.29, 0.717) is 0 Å². The highest BCUT2D eigenvalue weighted by Crippen LogP contribution is 2.25. The van der Waals surface area contributed by atoms with E-state index >= 15 is 0 Å². The van der Waals surface area contributed by atoms with Crippen LogP contribution in [0.1, 0.15) is 19.3 Å². The molecule has 0 atom stereocenters. The van der Waals surface area contributed by atoms with Crippen molar-refractivity contribution in [2.24, 2.45) is 0 Å². The number of benzene rings is 1. The summed E-state index contributed by atoms with van der Waals surface area (Å²) < 4.78 is 5.82. The predicted molar refractivity (Wildman–Crippen MR) is 68.0 cm³/mol. The Hall–Kier alpha value is -1.77. The molecule has 1 aliphatic heterocycles. The van der Waals surface area contributed by atoms with Crippen molar-refractivity contribution in [3.8, 4) is 11.3 Å². The molecule has 0 bridgehead atoms. The second-order valence-corrected chi connectivity index (χ2v) is 4.42. The minimum absolute atomic E-state index is 0.767. The van der Waals surface area contributed by atoms with E-state index in [4.69, 9.17) is 4.42 Å². The van der Waals surface area contributed by atoms with Crippen molar-refractivity contribution in [2.75, 3.05) is 18.0 Å². The smallest absolute Gasteiger partial charge is 0.297 e. The average Bonchev–Trinajstić information content (AvgIpc) is 2.90. The lowest BCUT2D eigenvalue weighted by molar-refractivity contribution is 0.498. The molecule has 1 aromatic carbocycles. The number of aromatic nitrogens is 1. The van der Waals surface area contributed by atoms with Gasteiger partial charge < -0.3 is 9.32 Å². The van der Waals surface area contributed by atoms with Crippen molar-refractivity contribution < 1.29 is 4.42 Å². The molecule has 3 heteroatoms. The van der Waals surface area contributed by atoms with Crippen LogP contribution in [0.3, 0.4) is 0 Å². The van der Waals surface area contributed by atoms with Gasteiger partial charge in [0, 0.05) is 18.7 Å². The zero-order valence-electron chi connectivity index (χ0n) is 9.80. The number of hydrogen-bond donors (Lipinski definition) is 0. The van der Waals surface area contributed by atoms with Gasteiger partial charge in [0.05, 0.1) is 6.20 Å². The van der Waals surface area contributed by atoms with E-state index in [9.17, 15) is 0 Å². The van der Waals surface area contributed by atoms with E-state index in [1.54, 1.807) is 0 Å². The predicted octanol–water partition coefficient (Wildman–Crippen LogP) is 3.33. The zero-order valence-corrected chi connectivity index (χ0v) is 9.80. The summed E-state index contributed by atoms with van der Waals surface area (Å²) in [5, 5.41) is 0. The van der Waals surface area contributed by atoms with Crippen molar-refractivity contribution in [3.05, 3.63) is 36.5 Å². The largest absolute Gasteiger partial charge is 0.423 e. The lowest BCUT2D eigenvalue weighted by Crippen LogP contribution is -2.29. The summed E-state index contributed by atoms with van der Waals surface area (Å²) in [4.78, 5) is 6.61. The van der Waals surface area contributed by atoms with Crippen molar-refractivity contribution >= 4 is 6.01 Å². The Morgan fingerprint density at radius 2 is 1.76 bits per heavy atom. The number of anilines is 1. The summed E-state index contributed by atoms with van der Waals surface area (Å²) in [6.07, 6.45) is 5.62. The highest BCUT2D eigenvalue weighted by Gasteiger charge is 2.16. The minimum Gasteiger partial charge on any atom is -0.423 e. The van der Waals surface area contributed by atoms with Gasteiger partial charge in [-0.3, -0.25) is 0 Å². The topological polar surface area (TPSA) is 29.3 Å². The lowest BCUT2D eigenvalue weighted by Gasteiger charge is -2.24. The van der Waals surface area contributed by atoms with E-state index in [-0.39, 0.29) is 0 Å². The van der Waals surface area contributed by atoms with Crippen LogP contribution < -0.4 is 4.90 Å². The fourth-order valence-corrected chi connectivity index (χ4v) is 2.23. The Labute approximate surface area is 101 Å². The SMILES string of the molecule is c1ccc(-c2cnc(N3CCCCC3)o2)cc1. The van der Waals surface area contributed by atoms with E-state index < -0.39 is 0 Å². The van der Waals surface area contributed by atoms with Crippen molar-refractivity contribution in [3.63, 3.8) is 0 Å².